The third-order valence-corrected chi connectivity index (χ3v) is 4.05. The van der Waals surface area contributed by atoms with E-state index in [9.17, 15) is 9.59 Å². The number of imidazole rings is 1. The monoisotopic (exact) mass is 413 g/mol. The molecule has 0 radical (unpaired) electrons. The molecule has 29 heavy (non-hydrogen) atoms. The molecule has 0 aliphatic carbocycles. The molecule has 1 heterocycles. The maximum Gasteiger partial charge on any atom is 0.356 e. The number of carbonyl (C=O) groups is 2. The summed E-state index contributed by atoms with van der Waals surface area (Å²) in [6, 6.07) is 16.9. The van der Waals surface area contributed by atoms with Gasteiger partial charge in [0, 0.05) is 18.1 Å². The van der Waals surface area contributed by atoms with Crippen molar-refractivity contribution < 1.29 is 19.5 Å². The van der Waals surface area contributed by atoms with Gasteiger partial charge in [-0.15, -0.1) is 12.4 Å². The fourth-order valence-electron chi connectivity index (χ4n) is 2.77. The Bertz CT molecular complexity index is 1020. The summed E-state index contributed by atoms with van der Waals surface area (Å²) >= 11 is 0. The molecule has 3 N–H and O–H groups in total. The summed E-state index contributed by atoms with van der Waals surface area (Å²) in [4.78, 5) is 30.9. The van der Waals surface area contributed by atoms with Gasteiger partial charge in [-0.3, -0.25) is 10.0 Å². The van der Waals surface area contributed by atoms with Crippen molar-refractivity contribution in [2.24, 2.45) is 0 Å². The number of aromatic nitrogens is 2. The predicted molar refractivity (Wildman–Crippen MR) is 111 cm³/mol. The van der Waals surface area contributed by atoms with Crippen LogP contribution in [0.3, 0.4) is 0 Å². The van der Waals surface area contributed by atoms with E-state index in [1.54, 1.807) is 11.6 Å². The van der Waals surface area contributed by atoms with Crippen molar-refractivity contribution in [1.82, 2.24) is 15.4 Å². The Balaban J connectivity index is 0.00000300. The number of halogens is 1. The molecule has 150 valence electrons. The van der Waals surface area contributed by atoms with Crippen LogP contribution in [0.1, 0.15) is 27.4 Å². The number of benzene rings is 2. The molecule has 0 aliphatic rings. The molecule has 0 bridgehead atoms. The van der Waals surface area contributed by atoms with Gasteiger partial charge >= 0.3 is 5.97 Å². The molecule has 7 nitrogen and oxygen atoms in total. The molecule has 0 unspecified atom stereocenters. The largest absolute Gasteiger partial charge is 0.464 e. The molecular weight excluding hydrogens is 394 g/mol. The SMILES string of the molecule is COC(=O)c1[nH]c(Cc2cccc(/C=C/C(=O)NO)c2)nc1-c1ccccc1.Cl. The lowest BCUT2D eigenvalue weighted by Gasteiger charge is -2.01. The van der Waals surface area contributed by atoms with Crippen LogP contribution in [0.25, 0.3) is 17.3 Å². The van der Waals surface area contributed by atoms with E-state index in [4.69, 9.17) is 9.94 Å². The minimum absolute atomic E-state index is 0. The molecule has 1 amide bonds. The lowest BCUT2D eigenvalue weighted by molar-refractivity contribution is -0.124. The third-order valence-electron chi connectivity index (χ3n) is 4.05. The highest BCUT2D eigenvalue weighted by atomic mass is 35.5. The van der Waals surface area contributed by atoms with Gasteiger partial charge in [0.2, 0.25) is 0 Å². The minimum Gasteiger partial charge on any atom is -0.464 e. The Morgan fingerprint density at radius 2 is 1.93 bits per heavy atom. The third kappa shape index (κ3) is 5.54. The van der Waals surface area contributed by atoms with E-state index in [2.05, 4.69) is 9.97 Å². The van der Waals surface area contributed by atoms with Crippen molar-refractivity contribution in [2.75, 3.05) is 7.11 Å². The summed E-state index contributed by atoms with van der Waals surface area (Å²) in [5.74, 6) is -0.468. The van der Waals surface area contributed by atoms with Crippen LogP contribution in [0.4, 0.5) is 0 Å². The number of methoxy groups -OCH3 is 1. The van der Waals surface area contributed by atoms with Gasteiger partial charge in [-0.2, -0.15) is 0 Å². The van der Waals surface area contributed by atoms with Crippen molar-refractivity contribution >= 4 is 30.4 Å². The van der Waals surface area contributed by atoms with Crippen LogP contribution in [-0.4, -0.2) is 34.2 Å². The van der Waals surface area contributed by atoms with Crippen LogP contribution in [0.15, 0.2) is 60.7 Å². The van der Waals surface area contributed by atoms with Crippen molar-refractivity contribution in [3.05, 3.63) is 83.3 Å². The van der Waals surface area contributed by atoms with E-state index in [-0.39, 0.29) is 12.4 Å². The van der Waals surface area contributed by atoms with E-state index in [1.807, 2.05) is 54.6 Å². The minimum atomic E-state index is -0.605. The normalized spacial score (nSPS) is 10.4. The summed E-state index contributed by atoms with van der Waals surface area (Å²) in [6.07, 6.45) is 3.28. The summed E-state index contributed by atoms with van der Waals surface area (Å²) in [7, 11) is 1.33. The molecule has 0 fully saturated rings. The number of carbonyl (C=O) groups excluding carboxylic acids is 2. The van der Waals surface area contributed by atoms with Crippen LogP contribution in [0.5, 0.6) is 0 Å². The lowest BCUT2D eigenvalue weighted by atomic mass is 10.1. The van der Waals surface area contributed by atoms with Crippen molar-refractivity contribution in [3.8, 4) is 11.3 Å². The van der Waals surface area contributed by atoms with Gasteiger partial charge in [0.05, 0.1) is 7.11 Å². The first-order chi connectivity index (χ1) is 13.6. The second-order valence-corrected chi connectivity index (χ2v) is 6.00. The molecule has 0 saturated carbocycles. The van der Waals surface area contributed by atoms with E-state index >= 15 is 0 Å². The van der Waals surface area contributed by atoms with Gasteiger partial charge in [0.25, 0.3) is 5.91 Å². The Kier molecular flexibility index (Phi) is 7.70. The number of hydrogen-bond acceptors (Lipinski definition) is 5. The van der Waals surface area contributed by atoms with E-state index in [1.165, 1.54) is 13.2 Å². The Morgan fingerprint density at radius 3 is 2.62 bits per heavy atom. The highest BCUT2D eigenvalue weighted by Crippen LogP contribution is 2.23. The Morgan fingerprint density at radius 1 is 1.17 bits per heavy atom. The zero-order valence-electron chi connectivity index (χ0n) is 15.6. The summed E-state index contributed by atoms with van der Waals surface area (Å²) in [5.41, 5.74) is 4.94. The molecule has 8 heteroatoms. The zero-order chi connectivity index (χ0) is 19.9. The molecule has 3 rings (SSSR count). The summed E-state index contributed by atoms with van der Waals surface area (Å²) < 4.78 is 4.87. The van der Waals surface area contributed by atoms with E-state index in [0.717, 1.165) is 16.7 Å². The molecular formula is C21H20ClN3O4. The van der Waals surface area contributed by atoms with Crippen molar-refractivity contribution in [1.29, 1.82) is 0 Å². The number of hydrogen-bond donors (Lipinski definition) is 3. The molecule has 0 spiro atoms. The first-order valence-corrected chi connectivity index (χ1v) is 8.54. The number of aromatic amines is 1. The topological polar surface area (TPSA) is 104 Å². The summed E-state index contributed by atoms with van der Waals surface area (Å²) in [6.45, 7) is 0. The van der Waals surface area contributed by atoms with Crippen LogP contribution < -0.4 is 5.48 Å². The molecule has 1 aromatic heterocycles. The molecule has 3 aromatic rings. The number of amides is 1. The van der Waals surface area contributed by atoms with Crippen molar-refractivity contribution in [3.63, 3.8) is 0 Å². The lowest BCUT2D eigenvalue weighted by Crippen LogP contribution is -2.14. The van der Waals surface area contributed by atoms with Crippen molar-refractivity contribution in [2.45, 2.75) is 6.42 Å². The average molecular weight is 414 g/mol. The van der Waals surface area contributed by atoms with E-state index < -0.39 is 11.9 Å². The second kappa shape index (κ2) is 10.2. The first-order valence-electron chi connectivity index (χ1n) is 8.54. The zero-order valence-corrected chi connectivity index (χ0v) is 16.4. The smallest absolute Gasteiger partial charge is 0.356 e. The van der Waals surface area contributed by atoms with E-state index in [0.29, 0.717) is 23.6 Å². The number of nitrogens with zero attached hydrogens (tertiary/aromatic N) is 1. The summed E-state index contributed by atoms with van der Waals surface area (Å²) in [5, 5.41) is 8.55. The standard InChI is InChI=1S/C21H19N3O4.ClH/c1-28-21(26)20-19(16-8-3-2-4-9-16)22-17(23-20)13-15-7-5-6-14(12-15)10-11-18(25)24-27;/h2-12,27H,13H2,1H3,(H,22,23)(H,24,25);1H/b11-10+;. The van der Waals surface area contributed by atoms with Crippen LogP contribution in [-0.2, 0) is 16.0 Å². The number of esters is 1. The van der Waals surface area contributed by atoms with Crippen LogP contribution in [0.2, 0.25) is 0 Å². The maximum atomic E-state index is 12.1. The first kappa shape index (κ1) is 21.9. The maximum absolute atomic E-state index is 12.1. The fraction of sp³-hybridized carbons (Fsp3) is 0.0952. The highest BCUT2D eigenvalue weighted by molar-refractivity contribution is 5.94. The van der Waals surface area contributed by atoms with Crippen LogP contribution >= 0.6 is 12.4 Å². The molecule has 0 atom stereocenters. The number of H-pyrrole nitrogens is 1. The van der Waals surface area contributed by atoms with Gasteiger partial charge in [0.1, 0.15) is 11.5 Å². The second-order valence-electron chi connectivity index (χ2n) is 6.00. The predicted octanol–water partition coefficient (Wildman–Crippen LogP) is 3.39. The molecule has 0 aliphatic heterocycles. The average Bonchev–Trinajstić information content (AvgIpc) is 3.16. The van der Waals surface area contributed by atoms with Crippen LogP contribution in [0, 0.1) is 0 Å². The number of nitrogens with one attached hydrogen (secondary N) is 2. The quantitative estimate of drug-likeness (QED) is 0.248. The Hall–Kier alpha value is -3.42. The molecule has 2 aromatic carbocycles. The highest BCUT2D eigenvalue weighted by Gasteiger charge is 2.19. The molecule has 0 saturated heterocycles. The van der Waals surface area contributed by atoms with Gasteiger partial charge in [0.15, 0.2) is 5.69 Å². The van der Waals surface area contributed by atoms with Gasteiger partial charge in [-0.05, 0) is 17.2 Å². The number of hydroxylamine groups is 1. The van der Waals surface area contributed by atoms with Gasteiger partial charge in [-0.25, -0.2) is 15.3 Å². The Labute approximate surface area is 173 Å². The number of rotatable bonds is 6. The fourth-order valence-corrected chi connectivity index (χ4v) is 2.77. The number of ether oxygens (including phenoxy) is 1. The van der Waals surface area contributed by atoms with Gasteiger partial charge < -0.3 is 9.72 Å². The van der Waals surface area contributed by atoms with Gasteiger partial charge in [-0.1, -0.05) is 54.6 Å².